The average Bonchev–Trinajstić information content (AvgIpc) is 3.24. The molecule has 1 aromatic heterocycles. The summed E-state index contributed by atoms with van der Waals surface area (Å²) in [5.41, 5.74) is -4.25. The first kappa shape index (κ1) is 38.5. The highest BCUT2D eigenvalue weighted by Crippen LogP contribution is 2.46. The number of hydrogen-bond acceptors (Lipinski definition) is 8. The molecule has 0 saturated carbocycles. The molecular weight excluding hydrogens is 591 g/mol. The molecule has 0 unspecified atom stereocenters. The Kier molecular flexibility index (Phi) is 17.9. The highest BCUT2D eigenvalue weighted by molar-refractivity contribution is 7.46. The fraction of sp³-hybridized carbons (Fsp3) is 0.839. The summed E-state index contributed by atoms with van der Waals surface area (Å²) in [6.07, 6.45) is 18.2. The van der Waals surface area contributed by atoms with Crippen LogP contribution in [0.2, 0.25) is 0 Å². The zero-order chi connectivity index (χ0) is 32.4. The van der Waals surface area contributed by atoms with E-state index in [1.54, 1.807) is 0 Å². The largest absolute Gasteiger partial charge is 0.470 e. The normalized spacial score (nSPS) is 22.1. The van der Waals surface area contributed by atoms with Gasteiger partial charge in [0.2, 0.25) is 5.72 Å². The number of unbranched alkanes of at least 4 members (excludes halogenated alkanes) is 18. The number of aliphatic hydroxyl groups excluding tert-OH is 2. The maximum Gasteiger partial charge on any atom is 0.470 e. The number of aromatic nitrogens is 2. The molecule has 4 atom stereocenters. The van der Waals surface area contributed by atoms with Crippen LogP contribution in [-0.4, -0.2) is 60.3 Å². The Hall–Kier alpha value is -1.66. The number of nitrogens with one attached hydrogen (secondary N) is 1. The van der Waals surface area contributed by atoms with Crippen LogP contribution in [0.15, 0.2) is 21.9 Å². The van der Waals surface area contributed by atoms with Crippen molar-refractivity contribution in [2.75, 3.05) is 6.61 Å². The highest BCUT2D eigenvalue weighted by atomic mass is 31.2. The number of phosphoric ester groups is 1. The maximum atomic E-state index is 13.5. The van der Waals surface area contributed by atoms with Gasteiger partial charge in [-0.2, -0.15) is 0 Å². The zero-order valence-electron chi connectivity index (χ0n) is 26.4. The van der Waals surface area contributed by atoms with Crippen molar-refractivity contribution in [2.24, 2.45) is 0 Å². The standard InChI is InChI=1S/C31H55N2O10P/c1-2-3-4-5-6-7-8-9-10-11-12-13-14-15-16-17-18-19-20-21-26(35)31(33-23-22-27(36)32-30(33)38)29(37)28(25(24-34)42-31)43-44(39,40)41/h22-23,25,28-29,34,37H,2-21,24H2,1H3,(H,32,36,38)(H2,39,40,41)/t25-,28-,29-,31-/m1/s1. The van der Waals surface area contributed by atoms with Gasteiger partial charge in [-0.15, -0.1) is 0 Å². The summed E-state index contributed by atoms with van der Waals surface area (Å²) < 4.78 is 22.5. The lowest BCUT2D eigenvalue weighted by Gasteiger charge is -2.32. The molecule has 1 saturated heterocycles. The van der Waals surface area contributed by atoms with E-state index in [1.165, 1.54) is 89.9 Å². The minimum Gasteiger partial charge on any atom is -0.394 e. The third-order valence-electron chi connectivity index (χ3n) is 8.44. The quantitative estimate of drug-likeness (QED) is 0.0728. The number of carbonyl (C=O) groups is 1. The van der Waals surface area contributed by atoms with Gasteiger partial charge >= 0.3 is 13.5 Å². The van der Waals surface area contributed by atoms with Gasteiger partial charge in [0.1, 0.15) is 18.3 Å². The average molecular weight is 647 g/mol. The van der Waals surface area contributed by atoms with E-state index in [1.807, 2.05) is 4.98 Å². The summed E-state index contributed by atoms with van der Waals surface area (Å²) in [5, 5.41) is 20.8. The van der Waals surface area contributed by atoms with Gasteiger partial charge in [-0.05, 0) is 6.42 Å². The van der Waals surface area contributed by atoms with Crippen molar-refractivity contribution in [3.05, 3.63) is 33.1 Å². The van der Waals surface area contributed by atoms with Crippen LogP contribution in [0, 0.1) is 0 Å². The second-order valence-corrected chi connectivity index (χ2v) is 13.3. The number of aliphatic hydroxyl groups is 2. The van der Waals surface area contributed by atoms with E-state index in [2.05, 4.69) is 11.4 Å². The summed E-state index contributed by atoms with van der Waals surface area (Å²) in [4.78, 5) is 58.3. The summed E-state index contributed by atoms with van der Waals surface area (Å²) in [6, 6.07) is 0.953. The van der Waals surface area contributed by atoms with Crippen LogP contribution < -0.4 is 11.2 Å². The molecule has 1 aliphatic rings. The van der Waals surface area contributed by atoms with Crippen LogP contribution >= 0.6 is 7.82 Å². The van der Waals surface area contributed by atoms with E-state index >= 15 is 0 Å². The fourth-order valence-corrected chi connectivity index (χ4v) is 6.57. The van der Waals surface area contributed by atoms with Gasteiger partial charge in [0, 0.05) is 18.7 Å². The highest BCUT2D eigenvalue weighted by Gasteiger charge is 2.62. The second-order valence-electron chi connectivity index (χ2n) is 12.1. The predicted molar refractivity (Wildman–Crippen MR) is 167 cm³/mol. The van der Waals surface area contributed by atoms with E-state index in [4.69, 9.17) is 4.74 Å². The summed E-state index contributed by atoms with van der Waals surface area (Å²) >= 11 is 0. The van der Waals surface area contributed by atoms with Crippen molar-refractivity contribution in [1.82, 2.24) is 9.55 Å². The molecule has 0 bridgehead atoms. The molecule has 1 aromatic rings. The molecule has 254 valence electrons. The zero-order valence-corrected chi connectivity index (χ0v) is 27.3. The molecule has 5 N–H and O–H groups in total. The Morgan fingerprint density at radius 3 is 1.75 bits per heavy atom. The number of H-pyrrole nitrogens is 1. The first-order chi connectivity index (χ1) is 21.1. The molecule has 44 heavy (non-hydrogen) atoms. The number of phosphoric acid groups is 1. The summed E-state index contributed by atoms with van der Waals surface area (Å²) in [6.45, 7) is 1.40. The number of Topliss-reactive ketones (excluding diaryl/α,β-unsaturated/α-hetero) is 1. The van der Waals surface area contributed by atoms with E-state index in [0.29, 0.717) is 11.0 Å². The van der Waals surface area contributed by atoms with Crippen LogP contribution in [0.3, 0.4) is 0 Å². The Bertz CT molecular complexity index is 1120. The number of ketones is 1. The lowest BCUT2D eigenvalue weighted by molar-refractivity contribution is -0.176. The van der Waals surface area contributed by atoms with Crippen LogP contribution in [0.5, 0.6) is 0 Å². The summed E-state index contributed by atoms with van der Waals surface area (Å²) in [5.74, 6) is -0.735. The summed E-state index contributed by atoms with van der Waals surface area (Å²) in [7, 11) is -5.17. The lowest BCUT2D eigenvalue weighted by Crippen LogP contribution is -2.56. The van der Waals surface area contributed by atoms with Crippen molar-refractivity contribution in [2.45, 2.75) is 159 Å². The molecule has 12 nitrogen and oxygen atoms in total. The van der Waals surface area contributed by atoms with Gasteiger partial charge in [-0.25, -0.2) is 9.36 Å². The lowest BCUT2D eigenvalue weighted by atomic mass is 9.94. The Morgan fingerprint density at radius 1 is 0.886 bits per heavy atom. The molecule has 1 fully saturated rings. The Balaban J connectivity index is 1.71. The van der Waals surface area contributed by atoms with Crippen molar-refractivity contribution in [3.8, 4) is 0 Å². The maximum absolute atomic E-state index is 13.5. The van der Waals surface area contributed by atoms with E-state index < -0.39 is 55.5 Å². The number of rotatable bonds is 25. The smallest absolute Gasteiger partial charge is 0.394 e. The SMILES string of the molecule is CCCCCCCCCCCCCCCCCCCCCC(=O)[C@@]1(n2ccc(=O)[nH]c2=O)O[C@H](CO)[C@@H](OP(=O)(O)O)[C@H]1O. The molecular formula is C31H55N2O10P. The third-order valence-corrected chi connectivity index (χ3v) is 8.96. The van der Waals surface area contributed by atoms with Crippen molar-refractivity contribution < 1.29 is 38.6 Å². The topological polar surface area (TPSA) is 188 Å². The molecule has 0 radical (unpaired) electrons. The van der Waals surface area contributed by atoms with Gasteiger partial charge in [-0.1, -0.05) is 122 Å². The van der Waals surface area contributed by atoms with Crippen LogP contribution in [0.4, 0.5) is 0 Å². The van der Waals surface area contributed by atoms with Crippen molar-refractivity contribution in [3.63, 3.8) is 0 Å². The van der Waals surface area contributed by atoms with Gasteiger partial charge in [0.05, 0.1) is 6.61 Å². The fourth-order valence-electron chi connectivity index (χ4n) is 6.00. The number of carbonyl (C=O) groups excluding carboxylic acids is 1. The van der Waals surface area contributed by atoms with Crippen LogP contribution in [0.1, 0.15) is 135 Å². The minimum absolute atomic E-state index is 0.109. The predicted octanol–water partition coefficient (Wildman–Crippen LogP) is 4.81. The monoisotopic (exact) mass is 646 g/mol. The minimum atomic E-state index is -5.17. The van der Waals surface area contributed by atoms with Gasteiger partial charge in [0.25, 0.3) is 5.56 Å². The molecule has 2 rings (SSSR count). The first-order valence-corrected chi connectivity index (χ1v) is 18.2. The second kappa shape index (κ2) is 20.5. The molecule has 2 heterocycles. The number of hydrogen-bond donors (Lipinski definition) is 5. The Labute approximate surface area is 260 Å². The molecule has 1 aliphatic heterocycles. The molecule has 0 aromatic carbocycles. The van der Waals surface area contributed by atoms with Gasteiger partial charge in [-0.3, -0.25) is 23.7 Å². The van der Waals surface area contributed by atoms with Crippen LogP contribution in [-0.2, 0) is 24.3 Å². The molecule has 0 spiro atoms. The van der Waals surface area contributed by atoms with Gasteiger partial charge in [0.15, 0.2) is 5.78 Å². The van der Waals surface area contributed by atoms with E-state index in [0.717, 1.165) is 37.9 Å². The van der Waals surface area contributed by atoms with Crippen molar-refractivity contribution >= 4 is 13.6 Å². The molecule has 0 aliphatic carbocycles. The first-order valence-electron chi connectivity index (χ1n) is 16.6. The van der Waals surface area contributed by atoms with Gasteiger partial charge < -0.3 is 24.7 Å². The van der Waals surface area contributed by atoms with Crippen molar-refractivity contribution in [1.29, 1.82) is 0 Å². The van der Waals surface area contributed by atoms with Crippen LogP contribution in [0.25, 0.3) is 0 Å². The Morgan fingerprint density at radius 2 is 1.34 bits per heavy atom. The molecule has 13 heteroatoms. The van der Waals surface area contributed by atoms with E-state index in [-0.39, 0.29) is 6.42 Å². The number of ether oxygens (including phenoxy) is 1. The number of aromatic amines is 1. The molecule has 0 amide bonds. The third kappa shape index (κ3) is 12.6. The van der Waals surface area contributed by atoms with E-state index in [9.17, 15) is 38.9 Å². The number of nitrogens with zero attached hydrogens (tertiary/aromatic N) is 1.